The fourth-order valence-corrected chi connectivity index (χ4v) is 4.73. The third-order valence-electron chi connectivity index (χ3n) is 6.55. The Morgan fingerprint density at radius 3 is 2.52 bits per heavy atom. The van der Waals surface area contributed by atoms with Crippen LogP contribution >= 0.6 is 11.6 Å². The van der Waals surface area contributed by atoms with Crippen molar-refractivity contribution >= 4 is 23.6 Å². The fraction of sp³-hybridized carbons (Fsp3) is 0.391. The van der Waals surface area contributed by atoms with Crippen molar-refractivity contribution in [2.24, 2.45) is 4.99 Å². The van der Waals surface area contributed by atoms with Crippen LogP contribution < -0.4 is 0 Å². The number of amidine groups is 1. The van der Waals surface area contributed by atoms with Crippen LogP contribution in [0.3, 0.4) is 0 Å². The third-order valence-corrected chi connectivity index (χ3v) is 6.80. The molecule has 3 unspecified atom stereocenters. The van der Waals surface area contributed by atoms with Crippen molar-refractivity contribution in [3.05, 3.63) is 70.2 Å². The van der Waals surface area contributed by atoms with Crippen LogP contribution in [0.25, 0.3) is 0 Å². The highest BCUT2D eigenvalue weighted by Crippen LogP contribution is 2.45. The molecular weight excluding hydrogens is 420 g/mol. The van der Waals surface area contributed by atoms with Gasteiger partial charge in [0.15, 0.2) is 11.8 Å². The number of hydrogen-bond donors (Lipinski definition) is 2. The van der Waals surface area contributed by atoms with Crippen molar-refractivity contribution in [3.8, 4) is 0 Å². The first kappa shape index (κ1) is 20.3. The number of aliphatic hydroxyl groups excluding tert-OH is 2. The van der Waals surface area contributed by atoms with E-state index < -0.39 is 23.5 Å². The number of benzene rings is 2. The Kier molecular flexibility index (Phi) is 4.73. The van der Waals surface area contributed by atoms with Crippen LogP contribution in [-0.2, 0) is 15.1 Å². The van der Waals surface area contributed by atoms with E-state index in [1.54, 1.807) is 37.3 Å². The number of carbonyl (C=O) groups is 1. The number of likely N-dealkylation sites (tertiary alicyclic amines) is 1. The number of ether oxygens (including phenoxy) is 2. The van der Waals surface area contributed by atoms with Gasteiger partial charge in [-0.2, -0.15) is 4.99 Å². The molecule has 3 atom stereocenters. The lowest BCUT2D eigenvalue weighted by atomic mass is 9.84. The molecule has 0 aromatic heterocycles. The number of rotatable bonds is 2. The molecule has 162 valence electrons. The Morgan fingerprint density at radius 2 is 1.81 bits per heavy atom. The van der Waals surface area contributed by atoms with Crippen molar-refractivity contribution in [2.75, 3.05) is 13.1 Å². The number of fused-ring (bicyclic) bond motifs is 2. The summed E-state index contributed by atoms with van der Waals surface area (Å²) < 4.78 is 11.8. The Morgan fingerprint density at radius 1 is 1.13 bits per heavy atom. The Hall–Kier alpha value is -2.61. The zero-order valence-electron chi connectivity index (χ0n) is 17.0. The number of aliphatic hydroxyl groups is 2. The van der Waals surface area contributed by atoms with E-state index in [1.807, 2.05) is 23.1 Å². The first-order valence-corrected chi connectivity index (χ1v) is 10.7. The summed E-state index contributed by atoms with van der Waals surface area (Å²) in [5.74, 6) is -0.285. The van der Waals surface area contributed by atoms with Gasteiger partial charge in [0, 0.05) is 36.5 Å². The van der Waals surface area contributed by atoms with E-state index in [1.165, 1.54) is 0 Å². The molecule has 2 aromatic carbocycles. The molecule has 1 spiro atoms. The number of hydrogen-bond acceptors (Lipinski definition) is 7. The zero-order chi connectivity index (χ0) is 21.8. The molecule has 5 rings (SSSR count). The van der Waals surface area contributed by atoms with E-state index in [0.29, 0.717) is 42.1 Å². The molecule has 1 fully saturated rings. The van der Waals surface area contributed by atoms with E-state index in [9.17, 15) is 15.0 Å². The maximum Gasteiger partial charge on any atom is 0.339 e. The summed E-state index contributed by atoms with van der Waals surface area (Å²) in [7, 11) is 0. The molecule has 0 saturated carbocycles. The molecule has 1 saturated heterocycles. The molecule has 0 radical (unpaired) electrons. The largest absolute Gasteiger partial charge is 0.451 e. The second-order valence-corrected chi connectivity index (χ2v) is 8.88. The molecule has 0 amide bonds. The van der Waals surface area contributed by atoms with Gasteiger partial charge in [-0.3, -0.25) is 0 Å². The number of nitrogens with zero attached hydrogens (tertiary/aromatic N) is 2. The minimum atomic E-state index is -1.33. The minimum absolute atomic E-state index is 0.285. The minimum Gasteiger partial charge on any atom is -0.451 e. The average Bonchev–Trinajstić information content (AvgIpc) is 3.23. The van der Waals surface area contributed by atoms with E-state index in [0.717, 1.165) is 5.56 Å². The van der Waals surface area contributed by atoms with E-state index in [2.05, 4.69) is 4.99 Å². The van der Waals surface area contributed by atoms with E-state index in [-0.39, 0.29) is 12.0 Å². The van der Waals surface area contributed by atoms with E-state index >= 15 is 0 Å². The first-order chi connectivity index (χ1) is 14.8. The lowest BCUT2D eigenvalue weighted by Gasteiger charge is -2.39. The highest BCUT2D eigenvalue weighted by atomic mass is 35.5. The average molecular weight is 443 g/mol. The van der Waals surface area contributed by atoms with E-state index in [4.69, 9.17) is 21.1 Å². The van der Waals surface area contributed by atoms with Crippen molar-refractivity contribution in [1.29, 1.82) is 0 Å². The van der Waals surface area contributed by atoms with Crippen LogP contribution in [0.4, 0.5) is 0 Å². The molecule has 2 N–H and O–H groups in total. The normalized spacial score (nSPS) is 27.5. The number of piperidine rings is 1. The molecule has 3 aliphatic heterocycles. The smallest absolute Gasteiger partial charge is 0.339 e. The Labute approximate surface area is 184 Å². The molecule has 0 bridgehead atoms. The highest BCUT2D eigenvalue weighted by Gasteiger charge is 2.52. The monoisotopic (exact) mass is 442 g/mol. The number of carbonyl (C=O) groups excluding carboxylic acids is 1. The third kappa shape index (κ3) is 3.19. The van der Waals surface area contributed by atoms with Gasteiger partial charge in [0.05, 0.1) is 5.56 Å². The number of halogens is 1. The Balaban J connectivity index is 1.30. The van der Waals surface area contributed by atoms with Gasteiger partial charge in [0.1, 0.15) is 11.7 Å². The lowest BCUT2D eigenvalue weighted by Crippen LogP contribution is -2.48. The number of esters is 1. The maximum absolute atomic E-state index is 12.3. The summed E-state index contributed by atoms with van der Waals surface area (Å²) in [4.78, 5) is 18.5. The van der Waals surface area contributed by atoms with Crippen LogP contribution in [0, 0.1) is 0 Å². The molecule has 3 aliphatic rings. The summed E-state index contributed by atoms with van der Waals surface area (Å²) in [5, 5.41) is 22.1. The van der Waals surface area contributed by atoms with Gasteiger partial charge in [-0.25, -0.2) is 4.79 Å². The van der Waals surface area contributed by atoms with Crippen LogP contribution in [0.1, 0.15) is 47.4 Å². The maximum atomic E-state index is 12.3. The first-order valence-electron chi connectivity index (χ1n) is 10.3. The van der Waals surface area contributed by atoms with Crippen LogP contribution in [0.2, 0.25) is 5.02 Å². The van der Waals surface area contributed by atoms with Gasteiger partial charge in [-0.1, -0.05) is 41.9 Å². The SMILES string of the molecule is CC1(C(O)c2ccc(Cl)cc2)OC(N2CCC3(CC2)OC(=O)c2ccccc23)=NC1O. The van der Waals surface area contributed by atoms with Crippen molar-refractivity contribution in [1.82, 2.24) is 4.90 Å². The van der Waals surface area contributed by atoms with Crippen LogP contribution in [-0.4, -0.2) is 52.0 Å². The van der Waals surface area contributed by atoms with Gasteiger partial charge in [0.2, 0.25) is 0 Å². The van der Waals surface area contributed by atoms with Gasteiger partial charge in [-0.15, -0.1) is 0 Å². The lowest BCUT2D eigenvalue weighted by molar-refractivity contribution is -0.110. The van der Waals surface area contributed by atoms with Gasteiger partial charge in [0.25, 0.3) is 6.02 Å². The molecule has 2 aromatic rings. The number of aliphatic imine (C=N–C) groups is 1. The predicted octanol–water partition coefficient (Wildman–Crippen LogP) is 3.00. The highest BCUT2D eigenvalue weighted by molar-refractivity contribution is 6.30. The topological polar surface area (TPSA) is 91.6 Å². The van der Waals surface area contributed by atoms with Crippen molar-refractivity contribution in [2.45, 2.75) is 43.3 Å². The second-order valence-electron chi connectivity index (χ2n) is 8.44. The summed E-state index contributed by atoms with van der Waals surface area (Å²) in [6.45, 7) is 2.72. The molecule has 7 nitrogen and oxygen atoms in total. The summed E-state index contributed by atoms with van der Waals surface area (Å²) in [6.07, 6.45) is -1.15. The molecule has 31 heavy (non-hydrogen) atoms. The molecular formula is C23H23ClN2O5. The quantitative estimate of drug-likeness (QED) is 0.695. The van der Waals surface area contributed by atoms with Crippen LogP contribution in [0.5, 0.6) is 0 Å². The molecule has 0 aliphatic carbocycles. The van der Waals surface area contributed by atoms with Gasteiger partial charge < -0.3 is 24.6 Å². The predicted molar refractivity (Wildman–Crippen MR) is 114 cm³/mol. The van der Waals surface area contributed by atoms with Crippen molar-refractivity contribution in [3.63, 3.8) is 0 Å². The summed E-state index contributed by atoms with van der Waals surface area (Å²) in [6, 6.07) is 14.5. The summed E-state index contributed by atoms with van der Waals surface area (Å²) >= 11 is 5.93. The summed E-state index contributed by atoms with van der Waals surface area (Å²) in [5.41, 5.74) is 0.171. The van der Waals surface area contributed by atoms with Crippen molar-refractivity contribution < 1.29 is 24.5 Å². The van der Waals surface area contributed by atoms with Gasteiger partial charge in [-0.05, 0) is 30.7 Å². The fourth-order valence-electron chi connectivity index (χ4n) is 4.60. The Bertz CT molecular complexity index is 1050. The zero-order valence-corrected chi connectivity index (χ0v) is 17.7. The van der Waals surface area contributed by atoms with Crippen LogP contribution in [0.15, 0.2) is 53.5 Å². The van der Waals surface area contributed by atoms with Gasteiger partial charge >= 0.3 is 5.97 Å². The molecule has 3 heterocycles. The standard InChI is InChI=1S/C23H23ClN2O5/c1-22(18(27)14-6-8-15(24)9-7-14)20(29)25-21(31-22)26-12-10-23(11-13-26)17-5-3-2-4-16(17)19(28)30-23/h2-9,18,20,27,29H,10-13H2,1H3. The second kappa shape index (κ2) is 7.22. The molecule has 8 heteroatoms.